The number of nitrogens with one attached hydrogen (secondary N) is 1. The third-order valence-corrected chi connectivity index (χ3v) is 9.47. The van der Waals surface area contributed by atoms with Gasteiger partial charge in [-0.2, -0.15) is 0 Å². The summed E-state index contributed by atoms with van der Waals surface area (Å²) >= 11 is 0. The standard InChI is InChI=1S/C23H35N5O4S/c1-5-32-13-18-27-19-20(15(2)12-25-21(19)24)28(18)10-6-9-26-33(30,31)14-23-8-7-16(11-17(23)29)22(23,3)4/h12,16,26H,5-11,13-14H2,1-4H3,(H2,24,25)/t16-,23-/m1/s1. The van der Waals surface area contributed by atoms with Crippen LogP contribution in [0.25, 0.3) is 11.0 Å². The number of pyridine rings is 1. The Hall–Kier alpha value is -2.04. The molecule has 2 saturated carbocycles. The summed E-state index contributed by atoms with van der Waals surface area (Å²) < 4.78 is 36.3. The van der Waals surface area contributed by atoms with Gasteiger partial charge in [-0.15, -0.1) is 0 Å². The Morgan fingerprint density at radius 1 is 1.36 bits per heavy atom. The Balaban J connectivity index is 1.45. The van der Waals surface area contributed by atoms with Crippen LogP contribution in [0.4, 0.5) is 5.82 Å². The Kier molecular flexibility index (Phi) is 6.30. The van der Waals surface area contributed by atoms with Crippen molar-refractivity contribution in [2.24, 2.45) is 16.7 Å². The molecule has 0 radical (unpaired) electrons. The molecule has 2 aliphatic rings. The summed E-state index contributed by atoms with van der Waals surface area (Å²) in [7, 11) is -3.59. The van der Waals surface area contributed by atoms with Gasteiger partial charge < -0.3 is 15.0 Å². The van der Waals surface area contributed by atoms with Crippen molar-refractivity contribution in [1.82, 2.24) is 19.3 Å². The van der Waals surface area contributed by atoms with Gasteiger partial charge in [0, 0.05) is 37.7 Å². The average Bonchev–Trinajstić information content (AvgIpc) is 3.29. The number of imidazole rings is 1. The molecule has 2 aliphatic carbocycles. The molecule has 2 bridgehead atoms. The molecule has 2 aromatic rings. The van der Waals surface area contributed by atoms with E-state index in [1.165, 1.54) is 0 Å². The van der Waals surface area contributed by atoms with Crippen LogP contribution >= 0.6 is 0 Å². The van der Waals surface area contributed by atoms with Crippen molar-refractivity contribution in [2.75, 3.05) is 24.6 Å². The molecule has 10 heteroatoms. The Labute approximate surface area is 195 Å². The molecule has 0 aliphatic heterocycles. The number of fused-ring (bicyclic) bond motifs is 3. The first kappa shape index (κ1) is 24.1. The predicted octanol–water partition coefficient (Wildman–Crippen LogP) is 2.56. The summed E-state index contributed by atoms with van der Waals surface area (Å²) in [5.74, 6) is 1.40. The molecular weight excluding hydrogens is 442 g/mol. The number of aromatic nitrogens is 3. The lowest BCUT2D eigenvalue weighted by Gasteiger charge is -2.36. The number of ether oxygens (including phenoxy) is 1. The van der Waals surface area contributed by atoms with E-state index in [2.05, 4.69) is 28.5 Å². The van der Waals surface area contributed by atoms with Gasteiger partial charge in [-0.1, -0.05) is 13.8 Å². The second-order valence-electron chi connectivity index (χ2n) is 10.0. The summed E-state index contributed by atoms with van der Waals surface area (Å²) in [4.78, 5) is 21.5. The molecule has 3 N–H and O–H groups in total. The van der Waals surface area contributed by atoms with Gasteiger partial charge in [0.1, 0.15) is 23.7 Å². The van der Waals surface area contributed by atoms with Crippen LogP contribution in [0.2, 0.25) is 0 Å². The van der Waals surface area contributed by atoms with Crippen molar-refractivity contribution < 1.29 is 17.9 Å². The summed E-state index contributed by atoms with van der Waals surface area (Å²) in [6, 6.07) is 0. The first-order valence-corrected chi connectivity index (χ1v) is 13.4. The fraction of sp³-hybridized carbons (Fsp3) is 0.696. The maximum Gasteiger partial charge on any atom is 0.212 e. The number of ketones is 1. The van der Waals surface area contributed by atoms with Gasteiger partial charge >= 0.3 is 0 Å². The van der Waals surface area contributed by atoms with Crippen LogP contribution in [-0.2, 0) is 32.7 Å². The number of rotatable bonds is 10. The average molecular weight is 478 g/mol. The van der Waals surface area contributed by atoms with E-state index in [0.29, 0.717) is 56.3 Å². The molecule has 2 fully saturated rings. The molecule has 2 aromatic heterocycles. The molecule has 0 unspecified atom stereocenters. The van der Waals surface area contributed by atoms with E-state index >= 15 is 0 Å². The maximum atomic E-state index is 13.0. The van der Waals surface area contributed by atoms with E-state index in [-0.39, 0.29) is 23.5 Å². The van der Waals surface area contributed by atoms with E-state index in [1.54, 1.807) is 6.20 Å². The lowest BCUT2D eigenvalue weighted by Crippen LogP contribution is -2.45. The van der Waals surface area contributed by atoms with Gasteiger partial charge in [-0.05, 0) is 50.0 Å². The van der Waals surface area contributed by atoms with E-state index in [9.17, 15) is 13.2 Å². The third-order valence-electron chi connectivity index (χ3n) is 7.95. The van der Waals surface area contributed by atoms with Crippen LogP contribution in [0.3, 0.4) is 0 Å². The molecule has 0 spiro atoms. The highest BCUT2D eigenvalue weighted by atomic mass is 32.2. The first-order chi connectivity index (χ1) is 15.5. The van der Waals surface area contributed by atoms with Crippen LogP contribution in [0, 0.1) is 23.7 Å². The number of carbonyl (C=O) groups excluding carboxylic acids is 1. The van der Waals surface area contributed by atoms with E-state index in [0.717, 1.165) is 23.3 Å². The summed E-state index contributed by atoms with van der Waals surface area (Å²) in [5, 5.41) is 0. The number of sulfonamides is 1. The highest BCUT2D eigenvalue weighted by molar-refractivity contribution is 7.89. The molecule has 182 valence electrons. The number of aryl methyl sites for hydroxylation is 2. The SMILES string of the molecule is CCOCc1nc2c(N)ncc(C)c2n1CCCNS(=O)(=O)C[C@]12CC[C@H](CC1=O)C2(C)C. The fourth-order valence-electron chi connectivity index (χ4n) is 5.86. The van der Waals surface area contributed by atoms with Crippen LogP contribution in [0.15, 0.2) is 6.20 Å². The molecule has 0 aromatic carbocycles. The van der Waals surface area contributed by atoms with Gasteiger partial charge in [0.25, 0.3) is 0 Å². The number of anilines is 1. The Bertz CT molecular complexity index is 1170. The van der Waals surface area contributed by atoms with Gasteiger partial charge in [-0.25, -0.2) is 23.1 Å². The van der Waals surface area contributed by atoms with Crippen LogP contribution in [0.1, 0.15) is 57.8 Å². The van der Waals surface area contributed by atoms with Crippen molar-refractivity contribution >= 4 is 32.7 Å². The zero-order valence-electron chi connectivity index (χ0n) is 20.0. The van der Waals surface area contributed by atoms with Crippen molar-refractivity contribution in [3.8, 4) is 0 Å². The van der Waals surface area contributed by atoms with Gasteiger partial charge in [0.15, 0.2) is 5.82 Å². The zero-order chi connectivity index (χ0) is 24.0. The van der Waals surface area contributed by atoms with Crippen LogP contribution in [-0.4, -0.2) is 47.6 Å². The van der Waals surface area contributed by atoms with Crippen molar-refractivity contribution in [3.05, 3.63) is 17.6 Å². The van der Waals surface area contributed by atoms with Gasteiger partial charge in [-0.3, -0.25) is 4.79 Å². The number of nitrogens with zero attached hydrogens (tertiary/aromatic N) is 3. The van der Waals surface area contributed by atoms with Gasteiger partial charge in [0.2, 0.25) is 10.0 Å². The molecule has 0 saturated heterocycles. The van der Waals surface area contributed by atoms with Crippen molar-refractivity contribution in [1.29, 1.82) is 0 Å². The second kappa shape index (κ2) is 8.63. The van der Waals surface area contributed by atoms with Crippen molar-refractivity contribution in [2.45, 2.75) is 66.5 Å². The molecule has 9 nitrogen and oxygen atoms in total. The molecule has 0 amide bonds. The number of Topliss-reactive ketones (excluding diaryl/α,β-unsaturated/α-hetero) is 1. The molecule has 2 heterocycles. The number of carbonyl (C=O) groups is 1. The third kappa shape index (κ3) is 4.06. The minimum Gasteiger partial charge on any atom is -0.382 e. The largest absolute Gasteiger partial charge is 0.382 e. The van der Waals surface area contributed by atoms with E-state index in [4.69, 9.17) is 10.5 Å². The highest BCUT2D eigenvalue weighted by Gasteiger charge is 2.65. The normalized spacial score (nSPS) is 24.2. The van der Waals surface area contributed by atoms with Crippen LogP contribution < -0.4 is 10.5 Å². The molecule has 4 rings (SSSR count). The monoisotopic (exact) mass is 477 g/mol. The predicted molar refractivity (Wildman–Crippen MR) is 127 cm³/mol. The summed E-state index contributed by atoms with van der Waals surface area (Å²) in [5.41, 5.74) is 7.51. The fourth-order valence-corrected chi connectivity index (χ4v) is 7.74. The van der Waals surface area contributed by atoms with E-state index < -0.39 is 15.4 Å². The number of hydrogen-bond acceptors (Lipinski definition) is 7. The zero-order valence-corrected chi connectivity index (χ0v) is 20.8. The maximum absolute atomic E-state index is 13.0. The van der Waals surface area contributed by atoms with E-state index in [1.807, 2.05) is 18.4 Å². The molecule has 33 heavy (non-hydrogen) atoms. The molecular formula is C23H35N5O4S. The van der Waals surface area contributed by atoms with Gasteiger partial charge in [0.05, 0.1) is 11.3 Å². The Morgan fingerprint density at radius 3 is 2.76 bits per heavy atom. The first-order valence-electron chi connectivity index (χ1n) is 11.7. The minimum atomic E-state index is -3.59. The molecule has 2 atom stereocenters. The highest BCUT2D eigenvalue weighted by Crippen LogP contribution is 2.64. The second-order valence-corrected chi connectivity index (χ2v) is 11.8. The lowest BCUT2D eigenvalue weighted by atomic mass is 9.70. The quantitative estimate of drug-likeness (QED) is 0.503. The van der Waals surface area contributed by atoms with Crippen LogP contribution in [0.5, 0.6) is 0 Å². The smallest absolute Gasteiger partial charge is 0.212 e. The number of hydrogen-bond donors (Lipinski definition) is 2. The lowest BCUT2D eigenvalue weighted by molar-refractivity contribution is -0.128. The summed E-state index contributed by atoms with van der Waals surface area (Å²) in [6.45, 7) is 9.73. The number of nitrogen functional groups attached to an aromatic ring is 1. The number of nitrogens with two attached hydrogens (primary N) is 1. The topological polar surface area (TPSA) is 129 Å². The summed E-state index contributed by atoms with van der Waals surface area (Å²) in [6.07, 6.45) is 4.40. The Morgan fingerprint density at radius 2 is 2.12 bits per heavy atom. The van der Waals surface area contributed by atoms with Crippen molar-refractivity contribution in [3.63, 3.8) is 0 Å². The minimum absolute atomic E-state index is 0.112.